The van der Waals surface area contributed by atoms with Gasteiger partial charge in [0.05, 0.1) is 0 Å². The molecule has 0 spiro atoms. The number of carbonyl (C=O) groups is 1. The third kappa shape index (κ3) is 5.92. The van der Waals surface area contributed by atoms with Crippen LogP contribution in [0.2, 0.25) is 0 Å². The molecule has 1 aliphatic heterocycles. The summed E-state index contributed by atoms with van der Waals surface area (Å²) in [5, 5.41) is 21.1. The van der Waals surface area contributed by atoms with Crippen molar-refractivity contribution in [1.82, 2.24) is 20.1 Å². The third-order valence-corrected chi connectivity index (χ3v) is 7.28. The van der Waals surface area contributed by atoms with Crippen LogP contribution in [0.15, 0.2) is 30.5 Å². The molecule has 7 nitrogen and oxygen atoms in total. The van der Waals surface area contributed by atoms with Crippen molar-refractivity contribution >= 4 is 38.8 Å². The number of para-hydroxylation sites is 1. The van der Waals surface area contributed by atoms with Crippen LogP contribution in [0.5, 0.6) is 0 Å². The highest BCUT2D eigenvalue weighted by molar-refractivity contribution is 8.27. The number of nitrogens with zero attached hydrogens (tertiary/aromatic N) is 2. The molecule has 1 amide bonds. The second-order valence-corrected chi connectivity index (χ2v) is 9.88. The van der Waals surface area contributed by atoms with Crippen LogP contribution in [-0.4, -0.2) is 69.2 Å². The van der Waals surface area contributed by atoms with Crippen molar-refractivity contribution in [3.05, 3.63) is 36.0 Å². The zero-order valence-corrected chi connectivity index (χ0v) is 20.4. The van der Waals surface area contributed by atoms with E-state index in [0.29, 0.717) is 12.1 Å². The topological polar surface area (TPSA) is 99.1 Å². The zero-order chi connectivity index (χ0) is 23.3. The molecule has 0 bridgehead atoms. The first-order valence-electron chi connectivity index (χ1n) is 11.5. The number of hydrogen-bond acceptors (Lipinski definition) is 5. The maximum absolute atomic E-state index is 12.8. The fourth-order valence-corrected chi connectivity index (χ4v) is 4.89. The molecule has 0 radical (unpaired) electrons. The van der Waals surface area contributed by atoms with Gasteiger partial charge in [-0.25, -0.2) is 0 Å². The van der Waals surface area contributed by atoms with Crippen molar-refractivity contribution in [1.29, 1.82) is 10.8 Å². The van der Waals surface area contributed by atoms with Gasteiger partial charge in [-0.15, -0.1) is 0 Å². The number of piperazine rings is 1. The normalized spacial score (nSPS) is 20.3. The number of carbonyl (C=O) groups excluding carboxylic acids is 1. The maximum Gasteiger partial charge on any atom is 0.276 e. The van der Waals surface area contributed by atoms with E-state index < -0.39 is 5.91 Å². The molecule has 174 valence electrons. The lowest BCUT2D eigenvalue weighted by atomic mass is 10.0. The molecule has 2 aromatic rings. The second kappa shape index (κ2) is 11.0. The van der Waals surface area contributed by atoms with Crippen LogP contribution in [0.25, 0.3) is 10.9 Å². The maximum atomic E-state index is 12.8. The van der Waals surface area contributed by atoms with E-state index in [4.69, 9.17) is 10.8 Å². The fraction of sp³-hybridized carbons (Fsp3) is 0.542. The van der Waals surface area contributed by atoms with Crippen LogP contribution >= 0.6 is 11.8 Å². The van der Waals surface area contributed by atoms with E-state index in [-0.39, 0.29) is 16.3 Å². The summed E-state index contributed by atoms with van der Waals surface area (Å²) in [6, 6.07) is 8.80. The predicted molar refractivity (Wildman–Crippen MR) is 135 cm³/mol. The number of nitrogens with one attached hydrogen (secondary N) is 4. The first kappa shape index (κ1) is 24.3. The van der Waals surface area contributed by atoms with Gasteiger partial charge in [-0.2, -0.15) is 0 Å². The molecule has 0 aliphatic carbocycles. The first-order valence-corrected chi connectivity index (χ1v) is 12.3. The Hall–Kier alpha value is -2.32. The van der Waals surface area contributed by atoms with Gasteiger partial charge in [0.25, 0.3) is 5.91 Å². The molecule has 3 rings (SSSR count). The minimum Gasteiger partial charge on any atom is -0.361 e. The van der Waals surface area contributed by atoms with Crippen LogP contribution in [0.4, 0.5) is 0 Å². The number of unbranched alkanes of at least 4 members (excludes halogenated alkanes) is 1. The Labute approximate surface area is 195 Å². The summed E-state index contributed by atoms with van der Waals surface area (Å²) < 4.78 is 0. The lowest BCUT2D eigenvalue weighted by Gasteiger charge is -2.43. The fourth-order valence-electron chi connectivity index (χ4n) is 4.27. The standard InChI is InChI=1S/C24H36N6OS/c1-5-6-9-19(12-18-13-27-21-11-8-7-10-20(18)21)28-23(31)22(25)32-24(26)30-14-16(2)29(4)17(3)15-30/h7-8,10-11,13,16-17,19,25-27H,5-6,9,12,14-15H2,1-4H3,(H,28,31)/t16-,17-,19?/m1/s1. The Morgan fingerprint density at radius 2 is 1.94 bits per heavy atom. The molecule has 1 saturated heterocycles. The van der Waals surface area contributed by atoms with Crippen LogP contribution in [0, 0.1) is 10.8 Å². The van der Waals surface area contributed by atoms with Crippen LogP contribution < -0.4 is 5.32 Å². The SMILES string of the molecule is CCCCC(Cc1c[nH]c2ccccc12)NC(=O)C(=N)SC(=N)N1C[C@@H](C)N(C)[C@H](C)C1. The van der Waals surface area contributed by atoms with Crippen molar-refractivity contribution in [2.24, 2.45) is 0 Å². The third-order valence-electron chi connectivity index (χ3n) is 6.43. The Bertz CT molecular complexity index is 945. The van der Waals surface area contributed by atoms with E-state index in [1.807, 2.05) is 23.2 Å². The number of amides is 1. The van der Waals surface area contributed by atoms with E-state index >= 15 is 0 Å². The summed E-state index contributed by atoms with van der Waals surface area (Å²) in [5.74, 6) is -0.393. The molecular formula is C24H36N6OS. The lowest BCUT2D eigenvalue weighted by Crippen LogP contribution is -2.56. The second-order valence-electron chi connectivity index (χ2n) is 8.88. The van der Waals surface area contributed by atoms with Crippen molar-refractivity contribution < 1.29 is 4.79 Å². The van der Waals surface area contributed by atoms with Gasteiger partial charge in [0.15, 0.2) is 10.2 Å². The Morgan fingerprint density at radius 3 is 2.62 bits per heavy atom. The predicted octanol–water partition coefficient (Wildman–Crippen LogP) is 4.06. The Balaban J connectivity index is 1.60. The van der Waals surface area contributed by atoms with Crippen molar-refractivity contribution in [3.63, 3.8) is 0 Å². The number of thioether (sulfide) groups is 1. The quantitative estimate of drug-likeness (QED) is 0.389. The summed E-state index contributed by atoms with van der Waals surface area (Å²) in [7, 11) is 2.10. The number of benzene rings is 1. The highest BCUT2D eigenvalue weighted by Crippen LogP contribution is 2.21. The number of amidine groups is 1. The molecule has 1 fully saturated rings. The van der Waals surface area contributed by atoms with Gasteiger partial charge in [0, 0.05) is 48.3 Å². The van der Waals surface area contributed by atoms with E-state index in [0.717, 1.165) is 56.1 Å². The minimum absolute atomic E-state index is 0.0412. The number of fused-ring (bicyclic) bond motifs is 1. The van der Waals surface area contributed by atoms with Gasteiger partial charge >= 0.3 is 0 Å². The van der Waals surface area contributed by atoms with Gasteiger partial charge in [-0.1, -0.05) is 38.0 Å². The largest absolute Gasteiger partial charge is 0.361 e. The summed E-state index contributed by atoms with van der Waals surface area (Å²) in [5.41, 5.74) is 2.27. The summed E-state index contributed by atoms with van der Waals surface area (Å²) in [4.78, 5) is 20.4. The first-order chi connectivity index (χ1) is 15.3. The smallest absolute Gasteiger partial charge is 0.276 e. The van der Waals surface area contributed by atoms with Crippen LogP contribution in [0.3, 0.4) is 0 Å². The van der Waals surface area contributed by atoms with E-state index in [1.165, 1.54) is 10.9 Å². The number of rotatable bonds is 6. The average molecular weight is 457 g/mol. The van der Waals surface area contributed by atoms with E-state index in [2.05, 4.69) is 55.2 Å². The number of likely N-dealkylation sites (N-methyl/N-ethyl adjacent to an activating group) is 1. The lowest BCUT2D eigenvalue weighted by molar-refractivity contribution is -0.115. The molecule has 1 aromatic carbocycles. The number of aromatic amines is 1. The number of hydrogen-bond donors (Lipinski definition) is 4. The highest BCUT2D eigenvalue weighted by Gasteiger charge is 2.29. The highest BCUT2D eigenvalue weighted by atomic mass is 32.2. The van der Waals surface area contributed by atoms with Crippen molar-refractivity contribution in [3.8, 4) is 0 Å². The van der Waals surface area contributed by atoms with Gasteiger partial charge in [-0.05, 0) is 57.1 Å². The molecule has 1 aromatic heterocycles. The summed E-state index contributed by atoms with van der Waals surface area (Å²) in [6.07, 6.45) is 5.67. The zero-order valence-electron chi connectivity index (χ0n) is 19.6. The molecule has 2 heterocycles. The molecule has 0 saturated carbocycles. The summed E-state index contributed by atoms with van der Waals surface area (Å²) in [6.45, 7) is 7.90. The molecule has 1 unspecified atom stereocenters. The Kier molecular flexibility index (Phi) is 8.37. The molecule has 3 atom stereocenters. The molecule has 1 aliphatic rings. The molecular weight excluding hydrogens is 420 g/mol. The van der Waals surface area contributed by atoms with Crippen molar-refractivity contribution in [2.45, 2.75) is 64.6 Å². The molecule has 4 N–H and O–H groups in total. The van der Waals surface area contributed by atoms with E-state index in [9.17, 15) is 4.79 Å². The summed E-state index contributed by atoms with van der Waals surface area (Å²) >= 11 is 0.952. The van der Waals surface area contributed by atoms with Crippen LogP contribution in [-0.2, 0) is 11.2 Å². The van der Waals surface area contributed by atoms with Gasteiger partial charge < -0.3 is 15.2 Å². The van der Waals surface area contributed by atoms with Gasteiger partial charge in [-0.3, -0.25) is 20.5 Å². The van der Waals surface area contributed by atoms with Crippen LogP contribution in [0.1, 0.15) is 45.6 Å². The van der Waals surface area contributed by atoms with E-state index in [1.54, 1.807) is 0 Å². The Morgan fingerprint density at radius 1 is 1.25 bits per heavy atom. The average Bonchev–Trinajstić information content (AvgIpc) is 3.18. The van der Waals surface area contributed by atoms with Gasteiger partial charge in [0.1, 0.15) is 0 Å². The monoisotopic (exact) mass is 456 g/mol. The van der Waals surface area contributed by atoms with Crippen molar-refractivity contribution in [2.75, 3.05) is 20.1 Å². The van der Waals surface area contributed by atoms with Gasteiger partial charge in [0.2, 0.25) is 0 Å². The number of aromatic nitrogens is 1. The minimum atomic E-state index is -0.393. The molecule has 8 heteroatoms. The number of H-pyrrole nitrogens is 1. The molecule has 32 heavy (non-hydrogen) atoms.